The van der Waals surface area contributed by atoms with Crippen molar-refractivity contribution in [2.24, 2.45) is 0 Å². The number of halogens is 1. The molecule has 0 amide bonds. The van der Waals surface area contributed by atoms with Gasteiger partial charge in [-0.3, -0.25) is 4.79 Å². The Hall–Kier alpha value is -2.31. The first-order valence-electron chi connectivity index (χ1n) is 9.35. The van der Waals surface area contributed by atoms with Crippen molar-refractivity contribution in [3.8, 4) is 0 Å². The highest BCUT2D eigenvalue weighted by Crippen LogP contribution is 2.75. The standard InChI is InChI=1S/C25H21IO2S/c1-28-25(27)18-19-16-17-24(23-15-9-8-14-22(19)23)29(26,20-10-4-2-5-11-20)21-12-6-3-7-13-21/h2-17H,18H2,1H3. The van der Waals surface area contributed by atoms with Gasteiger partial charge in [0.25, 0.3) is 0 Å². The van der Waals surface area contributed by atoms with Crippen LogP contribution in [0.3, 0.4) is 0 Å². The molecular weight excluding hydrogens is 491 g/mol. The van der Waals surface area contributed by atoms with Gasteiger partial charge in [-0.1, -0.05) is 66.7 Å². The van der Waals surface area contributed by atoms with Crippen molar-refractivity contribution >= 4 is 45.1 Å². The summed E-state index contributed by atoms with van der Waals surface area (Å²) < 4.78 is 4.90. The van der Waals surface area contributed by atoms with Crippen LogP contribution in [0.15, 0.2) is 112 Å². The summed E-state index contributed by atoms with van der Waals surface area (Å²) in [7, 11) is -0.0645. The first kappa shape index (κ1) is 20.0. The third-order valence-electron chi connectivity index (χ3n) is 4.98. The van der Waals surface area contributed by atoms with Gasteiger partial charge in [0.2, 0.25) is 0 Å². The van der Waals surface area contributed by atoms with Gasteiger partial charge in [0.1, 0.15) is 0 Å². The van der Waals surface area contributed by atoms with Crippen LogP contribution in [-0.4, -0.2) is 13.1 Å². The molecule has 4 heteroatoms. The molecule has 2 nitrogen and oxygen atoms in total. The predicted molar refractivity (Wildman–Crippen MR) is 129 cm³/mol. The molecule has 0 bridgehead atoms. The molecule has 0 saturated carbocycles. The van der Waals surface area contributed by atoms with Crippen LogP contribution in [0.25, 0.3) is 10.8 Å². The van der Waals surface area contributed by atoms with Crippen molar-refractivity contribution in [2.75, 3.05) is 7.11 Å². The summed E-state index contributed by atoms with van der Waals surface area (Å²) >= 11 is 2.66. The van der Waals surface area contributed by atoms with Crippen molar-refractivity contribution in [2.45, 2.75) is 21.1 Å². The van der Waals surface area contributed by atoms with E-state index < -0.39 is 7.20 Å². The number of hydrogen-bond donors (Lipinski definition) is 0. The molecule has 0 unspecified atom stereocenters. The van der Waals surface area contributed by atoms with Crippen LogP contribution in [-0.2, 0) is 16.0 Å². The second-order valence-electron chi connectivity index (χ2n) is 6.69. The van der Waals surface area contributed by atoms with Crippen molar-refractivity contribution in [1.82, 2.24) is 0 Å². The van der Waals surface area contributed by atoms with Crippen LogP contribution in [0.5, 0.6) is 0 Å². The summed E-state index contributed by atoms with van der Waals surface area (Å²) in [6.45, 7) is 0. The number of hydrogen-bond acceptors (Lipinski definition) is 2. The molecule has 0 saturated heterocycles. The molecule has 4 aromatic rings. The Kier molecular flexibility index (Phi) is 5.92. The fraction of sp³-hybridized carbons (Fsp3) is 0.0800. The molecule has 0 aromatic heterocycles. The van der Waals surface area contributed by atoms with Crippen LogP contribution in [0.4, 0.5) is 0 Å². The lowest BCUT2D eigenvalue weighted by Crippen LogP contribution is -2.05. The molecule has 0 fully saturated rings. The van der Waals surface area contributed by atoms with Gasteiger partial charge in [-0.05, 0) is 67.9 Å². The number of methoxy groups -OCH3 is 1. The molecule has 0 aliphatic rings. The fourth-order valence-electron chi connectivity index (χ4n) is 3.57. The van der Waals surface area contributed by atoms with E-state index in [-0.39, 0.29) is 12.4 Å². The molecule has 4 aromatic carbocycles. The van der Waals surface area contributed by atoms with Gasteiger partial charge in [-0.15, -0.1) is 7.20 Å². The normalized spacial score (nSPS) is 11.9. The lowest BCUT2D eigenvalue weighted by atomic mass is 10.0. The van der Waals surface area contributed by atoms with E-state index in [1.54, 1.807) is 0 Å². The Morgan fingerprint density at radius 3 is 1.83 bits per heavy atom. The summed E-state index contributed by atoms with van der Waals surface area (Å²) in [5.74, 6) is -0.220. The third-order valence-corrected chi connectivity index (χ3v) is 12.3. The molecular formula is C25H21IO2S. The van der Waals surface area contributed by atoms with E-state index in [9.17, 15) is 4.79 Å². The fourth-order valence-corrected chi connectivity index (χ4v) is 9.06. The average molecular weight is 512 g/mol. The maximum absolute atomic E-state index is 11.9. The van der Waals surface area contributed by atoms with E-state index in [4.69, 9.17) is 4.74 Å². The molecule has 0 aliphatic heterocycles. The zero-order chi connectivity index (χ0) is 20.3. The number of carbonyl (C=O) groups is 1. The summed E-state index contributed by atoms with van der Waals surface area (Å²) in [5.41, 5.74) is 0.996. The quantitative estimate of drug-likeness (QED) is 0.209. The Morgan fingerprint density at radius 2 is 1.28 bits per heavy atom. The van der Waals surface area contributed by atoms with Crippen molar-refractivity contribution in [1.29, 1.82) is 0 Å². The summed E-state index contributed by atoms with van der Waals surface area (Å²) in [5, 5.41) is 2.29. The van der Waals surface area contributed by atoms with Crippen molar-refractivity contribution < 1.29 is 9.53 Å². The van der Waals surface area contributed by atoms with Crippen LogP contribution in [0.1, 0.15) is 5.56 Å². The lowest BCUT2D eigenvalue weighted by molar-refractivity contribution is -0.139. The zero-order valence-electron chi connectivity index (χ0n) is 16.0. The number of benzene rings is 4. The minimum Gasteiger partial charge on any atom is -0.469 e. The van der Waals surface area contributed by atoms with E-state index in [2.05, 4.69) is 112 Å². The first-order chi connectivity index (χ1) is 14.1. The van der Waals surface area contributed by atoms with Crippen LogP contribution >= 0.6 is 28.4 Å². The molecule has 4 rings (SSSR count). The minimum absolute atomic E-state index is 0.220. The van der Waals surface area contributed by atoms with Crippen LogP contribution < -0.4 is 0 Å². The molecule has 0 aliphatic carbocycles. The third kappa shape index (κ3) is 3.79. The van der Waals surface area contributed by atoms with E-state index in [1.165, 1.54) is 27.2 Å². The highest BCUT2D eigenvalue weighted by atomic mass is 127. The van der Waals surface area contributed by atoms with Crippen molar-refractivity contribution in [3.05, 3.63) is 103 Å². The van der Waals surface area contributed by atoms with Crippen molar-refractivity contribution in [3.63, 3.8) is 0 Å². The second kappa shape index (κ2) is 8.59. The minimum atomic E-state index is -1.50. The van der Waals surface area contributed by atoms with Gasteiger partial charge in [0, 0.05) is 14.7 Å². The first-order valence-corrected chi connectivity index (χ1v) is 13.5. The summed E-state index contributed by atoms with van der Waals surface area (Å²) in [6.07, 6.45) is 0.275. The van der Waals surface area contributed by atoms with Gasteiger partial charge in [0.05, 0.1) is 13.5 Å². The molecule has 0 N–H and O–H groups in total. The molecule has 0 radical (unpaired) electrons. The number of ether oxygens (including phenoxy) is 1. The Balaban J connectivity index is 2.00. The predicted octanol–water partition coefficient (Wildman–Crippen LogP) is 7.19. The van der Waals surface area contributed by atoms with E-state index in [0.717, 1.165) is 10.9 Å². The smallest absolute Gasteiger partial charge is 0.309 e. The maximum atomic E-state index is 11.9. The molecule has 0 atom stereocenters. The molecule has 0 spiro atoms. The largest absolute Gasteiger partial charge is 0.469 e. The number of esters is 1. The zero-order valence-corrected chi connectivity index (χ0v) is 19.0. The highest BCUT2D eigenvalue weighted by Gasteiger charge is 2.30. The van der Waals surface area contributed by atoms with E-state index >= 15 is 0 Å². The lowest BCUT2D eigenvalue weighted by Gasteiger charge is -2.36. The number of rotatable bonds is 5. The molecule has 29 heavy (non-hydrogen) atoms. The van der Waals surface area contributed by atoms with Gasteiger partial charge >= 0.3 is 5.97 Å². The van der Waals surface area contributed by atoms with Gasteiger partial charge in [-0.25, -0.2) is 0 Å². The van der Waals surface area contributed by atoms with Gasteiger partial charge in [-0.2, -0.15) is 0 Å². The Bertz CT molecular complexity index is 1100. The average Bonchev–Trinajstić information content (AvgIpc) is 2.80. The molecule has 0 heterocycles. The summed E-state index contributed by atoms with van der Waals surface area (Å²) in [4.78, 5) is 15.8. The second-order valence-corrected chi connectivity index (χ2v) is 13.1. The van der Waals surface area contributed by atoms with E-state index in [0.29, 0.717) is 0 Å². The topological polar surface area (TPSA) is 26.3 Å². The van der Waals surface area contributed by atoms with Gasteiger partial charge in [0.15, 0.2) is 0 Å². The summed E-state index contributed by atoms with van der Waals surface area (Å²) in [6, 6.07) is 34.0. The SMILES string of the molecule is COC(=O)Cc1ccc(S(I)(c2ccccc2)c2ccccc2)c2ccccc12. The van der Waals surface area contributed by atoms with Gasteiger partial charge < -0.3 is 4.74 Å². The van der Waals surface area contributed by atoms with Crippen LogP contribution in [0.2, 0.25) is 0 Å². The number of carbonyl (C=O) groups excluding carboxylic acids is 1. The Morgan fingerprint density at radius 1 is 0.759 bits per heavy atom. The highest BCUT2D eigenvalue weighted by molar-refractivity contribution is 14.2. The maximum Gasteiger partial charge on any atom is 0.309 e. The monoisotopic (exact) mass is 512 g/mol. The Labute approximate surface area is 184 Å². The van der Waals surface area contributed by atoms with E-state index in [1.807, 2.05) is 6.07 Å². The molecule has 146 valence electrons. The van der Waals surface area contributed by atoms with Crippen LogP contribution in [0, 0.1) is 0 Å². The number of fused-ring (bicyclic) bond motifs is 1.